The molecule has 4 atom stereocenters. The summed E-state index contributed by atoms with van der Waals surface area (Å²) in [7, 11) is 0. The second kappa shape index (κ2) is 6.70. The normalized spacial score (nSPS) is 27.7. The summed E-state index contributed by atoms with van der Waals surface area (Å²) in [6, 6.07) is 10.8. The highest BCUT2D eigenvalue weighted by Crippen LogP contribution is 2.32. The molecule has 3 heterocycles. The van der Waals surface area contributed by atoms with Crippen LogP contribution in [0.15, 0.2) is 48.8 Å². The molecule has 0 aliphatic carbocycles. The van der Waals surface area contributed by atoms with E-state index in [2.05, 4.69) is 4.98 Å². The fourth-order valence-corrected chi connectivity index (χ4v) is 3.13. The molecule has 2 fully saturated rings. The van der Waals surface area contributed by atoms with Crippen LogP contribution in [0.1, 0.15) is 5.56 Å². The van der Waals surface area contributed by atoms with Crippen molar-refractivity contribution >= 4 is 5.84 Å². The van der Waals surface area contributed by atoms with Gasteiger partial charge in [0.1, 0.15) is 29.5 Å². The van der Waals surface area contributed by atoms with Crippen molar-refractivity contribution in [2.24, 2.45) is 5.73 Å². The summed E-state index contributed by atoms with van der Waals surface area (Å²) in [5.74, 6) is 1.39. The van der Waals surface area contributed by atoms with Crippen LogP contribution < -0.4 is 15.2 Å². The van der Waals surface area contributed by atoms with E-state index in [4.69, 9.17) is 30.1 Å². The van der Waals surface area contributed by atoms with E-state index in [1.54, 1.807) is 24.5 Å². The third-order valence-corrected chi connectivity index (χ3v) is 4.33. The number of amidine groups is 1. The molecule has 130 valence electrons. The van der Waals surface area contributed by atoms with Gasteiger partial charge in [0, 0.05) is 18.0 Å². The minimum Gasteiger partial charge on any atom is -0.485 e. The first-order valence-corrected chi connectivity index (χ1v) is 8.12. The van der Waals surface area contributed by atoms with E-state index < -0.39 is 0 Å². The molecular formula is C18H19N3O4. The number of hydrogen-bond acceptors (Lipinski definition) is 6. The molecule has 0 bridgehead atoms. The van der Waals surface area contributed by atoms with Gasteiger partial charge in [-0.25, -0.2) is 0 Å². The standard InChI is InChI=1S/C18H19N3O4/c19-18(20)11-2-1-3-13(8-11)25-15-10-23-16-14(9-22-17(15)16)24-12-4-6-21-7-5-12/h1-8,14-17H,9-10H2,(H3,19,20)/t14-,15+,16-,17-/m1/s1. The SMILES string of the molecule is N=C(N)c1cccc(O[C@H]2CO[C@H]3[C@@H]2OC[C@H]3Oc2ccncc2)c1. The lowest BCUT2D eigenvalue weighted by Gasteiger charge is -2.18. The van der Waals surface area contributed by atoms with Gasteiger partial charge in [0.25, 0.3) is 0 Å². The van der Waals surface area contributed by atoms with Gasteiger partial charge >= 0.3 is 0 Å². The van der Waals surface area contributed by atoms with Gasteiger partial charge in [-0.1, -0.05) is 12.1 Å². The lowest BCUT2D eigenvalue weighted by Crippen LogP contribution is -2.36. The van der Waals surface area contributed by atoms with Gasteiger partial charge in [-0.2, -0.15) is 0 Å². The van der Waals surface area contributed by atoms with Crippen LogP contribution in [0.25, 0.3) is 0 Å². The average Bonchev–Trinajstić information content (AvgIpc) is 3.20. The first-order valence-electron chi connectivity index (χ1n) is 8.12. The number of aromatic nitrogens is 1. The zero-order valence-electron chi connectivity index (χ0n) is 13.5. The van der Waals surface area contributed by atoms with Gasteiger partial charge in [-0.05, 0) is 24.3 Å². The number of pyridine rings is 1. The number of rotatable bonds is 5. The van der Waals surface area contributed by atoms with Gasteiger partial charge in [-0.3, -0.25) is 10.4 Å². The molecule has 25 heavy (non-hydrogen) atoms. The van der Waals surface area contributed by atoms with Gasteiger partial charge < -0.3 is 24.7 Å². The summed E-state index contributed by atoms with van der Waals surface area (Å²) in [6.07, 6.45) is 2.61. The Hall–Kier alpha value is -2.64. The molecule has 0 unspecified atom stereocenters. The lowest BCUT2D eigenvalue weighted by molar-refractivity contribution is 0.0181. The molecule has 0 radical (unpaired) electrons. The predicted octanol–water partition coefficient (Wildman–Crippen LogP) is 1.36. The van der Waals surface area contributed by atoms with Crippen LogP contribution in [0.2, 0.25) is 0 Å². The number of ether oxygens (including phenoxy) is 4. The summed E-state index contributed by atoms with van der Waals surface area (Å²) in [5.41, 5.74) is 6.15. The van der Waals surface area contributed by atoms with E-state index in [9.17, 15) is 0 Å². The van der Waals surface area contributed by atoms with Gasteiger partial charge in [0.2, 0.25) is 0 Å². The first kappa shape index (κ1) is 15.9. The topological polar surface area (TPSA) is 99.7 Å². The van der Waals surface area contributed by atoms with E-state index in [0.717, 1.165) is 5.75 Å². The van der Waals surface area contributed by atoms with Gasteiger partial charge in [0.15, 0.2) is 12.2 Å². The molecule has 7 nitrogen and oxygen atoms in total. The highest BCUT2D eigenvalue weighted by Gasteiger charge is 2.50. The molecule has 2 aliphatic rings. The smallest absolute Gasteiger partial charge is 0.151 e. The monoisotopic (exact) mass is 341 g/mol. The molecule has 3 N–H and O–H groups in total. The minimum absolute atomic E-state index is 0.00827. The molecule has 1 aromatic heterocycles. The molecular weight excluding hydrogens is 322 g/mol. The second-order valence-electron chi connectivity index (χ2n) is 6.03. The summed E-state index contributed by atoms with van der Waals surface area (Å²) in [6.45, 7) is 0.876. The number of nitrogens with two attached hydrogens (primary N) is 1. The van der Waals surface area contributed by atoms with Crippen LogP contribution >= 0.6 is 0 Å². The van der Waals surface area contributed by atoms with Crippen molar-refractivity contribution in [3.05, 3.63) is 54.4 Å². The third-order valence-electron chi connectivity index (χ3n) is 4.33. The summed E-state index contributed by atoms with van der Waals surface area (Å²) >= 11 is 0. The van der Waals surface area contributed by atoms with Crippen molar-refractivity contribution in [1.29, 1.82) is 5.41 Å². The quantitative estimate of drug-likeness (QED) is 0.629. The summed E-state index contributed by atoms with van der Waals surface area (Å²) in [5, 5.41) is 7.52. The fraction of sp³-hybridized carbons (Fsp3) is 0.333. The Morgan fingerprint density at radius 2 is 1.64 bits per heavy atom. The highest BCUT2D eigenvalue weighted by atomic mass is 16.6. The molecule has 7 heteroatoms. The minimum atomic E-state index is -0.224. The highest BCUT2D eigenvalue weighted by molar-refractivity contribution is 5.95. The van der Waals surface area contributed by atoms with Crippen molar-refractivity contribution in [2.75, 3.05) is 13.2 Å². The van der Waals surface area contributed by atoms with Gasteiger partial charge in [-0.15, -0.1) is 0 Å². The Labute approximate surface area is 145 Å². The zero-order valence-corrected chi connectivity index (χ0v) is 13.5. The average molecular weight is 341 g/mol. The summed E-state index contributed by atoms with van der Waals surface area (Å²) in [4.78, 5) is 3.98. The Kier molecular flexibility index (Phi) is 4.25. The van der Waals surface area contributed by atoms with Crippen molar-refractivity contribution in [3.63, 3.8) is 0 Å². The van der Waals surface area contributed by atoms with Crippen LogP contribution in [-0.2, 0) is 9.47 Å². The largest absolute Gasteiger partial charge is 0.485 e. The number of nitrogens with zero attached hydrogens (tertiary/aromatic N) is 1. The molecule has 2 aliphatic heterocycles. The molecule has 2 saturated heterocycles. The molecule has 2 aromatic rings. The van der Waals surface area contributed by atoms with E-state index in [-0.39, 0.29) is 30.3 Å². The van der Waals surface area contributed by atoms with Crippen LogP contribution in [-0.4, -0.2) is 48.4 Å². The van der Waals surface area contributed by atoms with Crippen molar-refractivity contribution in [2.45, 2.75) is 24.4 Å². The maximum Gasteiger partial charge on any atom is 0.151 e. The second-order valence-corrected chi connectivity index (χ2v) is 6.03. The number of nitrogen functional groups attached to an aromatic ring is 1. The van der Waals surface area contributed by atoms with E-state index in [1.807, 2.05) is 24.3 Å². The number of fused-ring (bicyclic) bond motifs is 1. The first-order chi connectivity index (χ1) is 12.2. The zero-order chi connectivity index (χ0) is 17.2. The number of benzene rings is 1. The Morgan fingerprint density at radius 1 is 1.00 bits per heavy atom. The Morgan fingerprint density at radius 3 is 2.28 bits per heavy atom. The molecule has 0 saturated carbocycles. The molecule has 4 rings (SSSR count). The van der Waals surface area contributed by atoms with Crippen molar-refractivity contribution < 1.29 is 18.9 Å². The van der Waals surface area contributed by atoms with Crippen LogP contribution in [0.3, 0.4) is 0 Å². The van der Waals surface area contributed by atoms with Crippen LogP contribution in [0.5, 0.6) is 11.5 Å². The lowest BCUT2D eigenvalue weighted by atomic mass is 10.1. The van der Waals surface area contributed by atoms with Crippen molar-refractivity contribution in [3.8, 4) is 11.5 Å². The predicted molar refractivity (Wildman–Crippen MR) is 90.0 cm³/mol. The maximum absolute atomic E-state index is 7.52. The number of nitrogens with one attached hydrogen (secondary N) is 1. The number of hydrogen-bond donors (Lipinski definition) is 2. The maximum atomic E-state index is 7.52. The summed E-state index contributed by atoms with van der Waals surface area (Å²) < 4.78 is 23.7. The van der Waals surface area contributed by atoms with Gasteiger partial charge in [0.05, 0.1) is 13.2 Å². The van der Waals surface area contributed by atoms with E-state index >= 15 is 0 Å². The third kappa shape index (κ3) is 3.29. The Balaban J connectivity index is 1.42. The Bertz CT molecular complexity index is 755. The van der Waals surface area contributed by atoms with Crippen molar-refractivity contribution in [1.82, 2.24) is 4.98 Å². The molecule has 0 amide bonds. The molecule has 0 spiro atoms. The van der Waals surface area contributed by atoms with Crippen LogP contribution in [0, 0.1) is 5.41 Å². The van der Waals surface area contributed by atoms with Crippen LogP contribution in [0.4, 0.5) is 0 Å². The van der Waals surface area contributed by atoms with E-state index in [0.29, 0.717) is 24.5 Å². The molecule has 1 aromatic carbocycles. The fourth-order valence-electron chi connectivity index (χ4n) is 3.13. The van der Waals surface area contributed by atoms with E-state index in [1.165, 1.54) is 0 Å².